The molecule has 1 aliphatic rings. The third-order valence-electron chi connectivity index (χ3n) is 2.69. The molecule has 0 aromatic heterocycles. The molecule has 1 nitrogen and oxygen atoms in total. The maximum Gasteiger partial charge on any atom is 0.0211 e. The minimum absolute atomic E-state index is 0.663. The van der Waals surface area contributed by atoms with Crippen molar-refractivity contribution in [3.8, 4) is 0 Å². The second kappa shape index (κ2) is 4.77. The third-order valence-corrected chi connectivity index (χ3v) is 3.91. The third kappa shape index (κ3) is 2.38. The molecule has 0 radical (unpaired) electrons. The Balaban J connectivity index is 2.24. The van der Waals surface area contributed by atoms with Crippen LogP contribution in [-0.4, -0.2) is 13.1 Å². The molecule has 3 heteroatoms. The summed E-state index contributed by atoms with van der Waals surface area (Å²) in [7, 11) is 0. The van der Waals surface area contributed by atoms with E-state index in [0.717, 1.165) is 6.54 Å². The Morgan fingerprint density at radius 1 is 1.29 bits per heavy atom. The van der Waals surface area contributed by atoms with Gasteiger partial charge in [-0.15, -0.1) is 0 Å². The predicted molar refractivity (Wildman–Crippen MR) is 66.7 cm³/mol. The molecule has 0 bridgehead atoms. The van der Waals surface area contributed by atoms with Crippen LogP contribution in [0.2, 0.25) is 0 Å². The van der Waals surface area contributed by atoms with Gasteiger partial charge in [0.2, 0.25) is 0 Å². The van der Waals surface area contributed by atoms with Crippen LogP contribution in [0.4, 0.5) is 0 Å². The van der Waals surface area contributed by atoms with Crippen LogP contribution >= 0.6 is 31.9 Å². The first-order valence-corrected chi connectivity index (χ1v) is 6.51. The molecule has 2 rings (SSSR count). The van der Waals surface area contributed by atoms with Gasteiger partial charge < -0.3 is 5.32 Å². The van der Waals surface area contributed by atoms with Crippen LogP contribution in [0.15, 0.2) is 27.1 Å². The Hall–Kier alpha value is 0.140. The molecular formula is C11H13Br2N. The molecule has 1 aromatic carbocycles. The Bertz CT molecular complexity index is 319. The van der Waals surface area contributed by atoms with Crippen molar-refractivity contribution in [2.75, 3.05) is 13.1 Å². The highest BCUT2D eigenvalue weighted by atomic mass is 79.9. The summed E-state index contributed by atoms with van der Waals surface area (Å²) >= 11 is 7.14. The zero-order chi connectivity index (χ0) is 9.97. The van der Waals surface area contributed by atoms with E-state index in [-0.39, 0.29) is 0 Å². The first-order valence-electron chi connectivity index (χ1n) is 4.93. The minimum Gasteiger partial charge on any atom is -0.316 e. The average molecular weight is 319 g/mol. The Labute approximate surface area is 102 Å². The standard InChI is InChI=1S/C11H13Br2N/c12-9-3-4-11(13)10(6-9)8-2-1-5-14-7-8/h3-4,6,8,14H,1-2,5,7H2/t8-/m0/s1. The quantitative estimate of drug-likeness (QED) is 0.833. The first kappa shape index (κ1) is 10.7. The number of halogens is 2. The van der Waals surface area contributed by atoms with Gasteiger partial charge >= 0.3 is 0 Å². The SMILES string of the molecule is Brc1ccc(Br)c([C@H]2CCCNC2)c1. The number of piperidine rings is 1. The zero-order valence-electron chi connectivity index (χ0n) is 7.89. The summed E-state index contributed by atoms with van der Waals surface area (Å²) in [6.07, 6.45) is 2.58. The van der Waals surface area contributed by atoms with Crippen LogP contribution in [0.5, 0.6) is 0 Å². The highest BCUT2D eigenvalue weighted by Crippen LogP contribution is 2.31. The van der Waals surface area contributed by atoms with E-state index in [2.05, 4.69) is 55.4 Å². The van der Waals surface area contributed by atoms with Crippen molar-refractivity contribution in [2.24, 2.45) is 0 Å². The summed E-state index contributed by atoms with van der Waals surface area (Å²) in [6, 6.07) is 6.42. The van der Waals surface area contributed by atoms with Gasteiger partial charge in [-0.3, -0.25) is 0 Å². The van der Waals surface area contributed by atoms with Crippen molar-refractivity contribution in [2.45, 2.75) is 18.8 Å². The van der Waals surface area contributed by atoms with Crippen LogP contribution in [0, 0.1) is 0 Å². The summed E-state index contributed by atoms with van der Waals surface area (Å²) in [6.45, 7) is 2.27. The molecule has 1 fully saturated rings. The largest absolute Gasteiger partial charge is 0.316 e. The molecule has 0 unspecified atom stereocenters. The maximum atomic E-state index is 3.62. The lowest BCUT2D eigenvalue weighted by molar-refractivity contribution is 0.460. The van der Waals surface area contributed by atoms with Crippen LogP contribution in [-0.2, 0) is 0 Å². The van der Waals surface area contributed by atoms with E-state index in [4.69, 9.17) is 0 Å². The van der Waals surface area contributed by atoms with Gasteiger partial charge in [0.15, 0.2) is 0 Å². The lowest BCUT2D eigenvalue weighted by Gasteiger charge is -2.24. The number of nitrogens with one attached hydrogen (secondary N) is 1. The van der Waals surface area contributed by atoms with Gasteiger partial charge in [-0.05, 0) is 49.1 Å². The molecule has 1 aromatic rings. The fourth-order valence-corrected chi connectivity index (χ4v) is 2.89. The fraction of sp³-hybridized carbons (Fsp3) is 0.455. The molecule has 1 aliphatic heterocycles. The summed E-state index contributed by atoms with van der Waals surface area (Å²) in [5.74, 6) is 0.663. The van der Waals surface area contributed by atoms with Gasteiger partial charge in [0, 0.05) is 15.5 Å². The molecule has 1 saturated heterocycles. The maximum absolute atomic E-state index is 3.62. The van der Waals surface area contributed by atoms with E-state index in [9.17, 15) is 0 Å². The molecule has 76 valence electrons. The molecule has 1 heterocycles. The van der Waals surface area contributed by atoms with Gasteiger partial charge in [0.1, 0.15) is 0 Å². The van der Waals surface area contributed by atoms with Crippen molar-refractivity contribution in [3.63, 3.8) is 0 Å². The van der Waals surface area contributed by atoms with Gasteiger partial charge in [-0.1, -0.05) is 31.9 Å². The van der Waals surface area contributed by atoms with E-state index >= 15 is 0 Å². The highest BCUT2D eigenvalue weighted by Gasteiger charge is 2.17. The van der Waals surface area contributed by atoms with Gasteiger partial charge in [0.05, 0.1) is 0 Å². The predicted octanol–water partition coefficient (Wildman–Crippen LogP) is 3.68. The molecule has 14 heavy (non-hydrogen) atoms. The fourth-order valence-electron chi connectivity index (χ4n) is 1.94. The number of hydrogen-bond acceptors (Lipinski definition) is 1. The number of benzene rings is 1. The Morgan fingerprint density at radius 2 is 2.14 bits per heavy atom. The zero-order valence-corrected chi connectivity index (χ0v) is 11.1. The van der Waals surface area contributed by atoms with Crippen LogP contribution < -0.4 is 5.32 Å². The van der Waals surface area contributed by atoms with Crippen molar-refractivity contribution >= 4 is 31.9 Å². The molecular weight excluding hydrogens is 306 g/mol. The van der Waals surface area contributed by atoms with E-state index in [0.29, 0.717) is 5.92 Å². The second-order valence-electron chi connectivity index (χ2n) is 3.71. The van der Waals surface area contributed by atoms with Gasteiger partial charge in [-0.25, -0.2) is 0 Å². The van der Waals surface area contributed by atoms with Crippen molar-refractivity contribution in [3.05, 3.63) is 32.7 Å². The van der Waals surface area contributed by atoms with Crippen LogP contribution in [0.3, 0.4) is 0 Å². The highest BCUT2D eigenvalue weighted by molar-refractivity contribution is 9.11. The normalized spacial score (nSPS) is 22.3. The van der Waals surface area contributed by atoms with Crippen LogP contribution in [0.1, 0.15) is 24.3 Å². The average Bonchev–Trinajstić information content (AvgIpc) is 2.23. The van der Waals surface area contributed by atoms with Crippen LogP contribution in [0.25, 0.3) is 0 Å². The Morgan fingerprint density at radius 3 is 2.86 bits per heavy atom. The van der Waals surface area contributed by atoms with Gasteiger partial charge in [-0.2, -0.15) is 0 Å². The lowest BCUT2D eigenvalue weighted by Crippen LogP contribution is -2.28. The topological polar surface area (TPSA) is 12.0 Å². The van der Waals surface area contributed by atoms with Gasteiger partial charge in [0.25, 0.3) is 0 Å². The summed E-state index contributed by atoms with van der Waals surface area (Å²) < 4.78 is 2.40. The monoisotopic (exact) mass is 317 g/mol. The summed E-state index contributed by atoms with van der Waals surface area (Å²) in [5, 5.41) is 3.44. The molecule has 1 N–H and O–H groups in total. The minimum atomic E-state index is 0.663. The lowest BCUT2D eigenvalue weighted by atomic mass is 9.92. The Kier molecular flexibility index (Phi) is 3.63. The number of hydrogen-bond donors (Lipinski definition) is 1. The second-order valence-corrected chi connectivity index (χ2v) is 5.48. The first-order chi connectivity index (χ1) is 6.77. The molecule has 0 aliphatic carbocycles. The van der Waals surface area contributed by atoms with Crippen molar-refractivity contribution in [1.29, 1.82) is 0 Å². The van der Waals surface area contributed by atoms with E-state index in [1.54, 1.807) is 0 Å². The van der Waals surface area contributed by atoms with E-state index in [1.807, 2.05) is 0 Å². The molecule has 0 spiro atoms. The van der Waals surface area contributed by atoms with Crippen molar-refractivity contribution < 1.29 is 0 Å². The van der Waals surface area contributed by atoms with Crippen molar-refractivity contribution in [1.82, 2.24) is 5.32 Å². The van der Waals surface area contributed by atoms with E-state index in [1.165, 1.54) is 33.9 Å². The summed E-state index contributed by atoms with van der Waals surface area (Å²) in [4.78, 5) is 0. The smallest absolute Gasteiger partial charge is 0.0211 e. The molecule has 0 saturated carbocycles. The molecule has 1 atom stereocenters. The van der Waals surface area contributed by atoms with E-state index < -0.39 is 0 Å². The number of rotatable bonds is 1. The summed E-state index contributed by atoms with van der Waals surface area (Å²) in [5.41, 5.74) is 1.42. The molecule has 0 amide bonds.